The van der Waals surface area contributed by atoms with Crippen LogP contribution in [0.4, 0.5) is 16.2 Å². The molecule has 5 heteroatoms. The lowest BCUT2D eigenvalue weighted by molar-refractivity contribution is -0.118. The highest BCUT2D eigenvalue weighted by Crippen LogP contribution is 2.22. The third-order valence-corrected chi connectivity index (χ3v) is 2.56. The van der Waals surface area contributed by atoms with Gasteiger partial charge >= 0.3 is 6.03 Å². The molecule has 1 atom stereocenters. The lowest BCUT2D eigenvalue weighted by atomic mass is 10.2. The van der Waals surface area contributed by atoms with Crippen LogP contribution in [-0.2, 0) is 4.79 Å². The summed E-state index contributed by atoms with van der Waals surface area (Å²) in [6, 6.07) is 5.90. The van der Waals surface area contributed by atoms with Crippen LogP contribution in [-0.4, -0.2) is 18.0 Å². The van der Waals surface area contributed by atoms with Crippen LogP contribution in [0.1, 0.15) is 13.3 Å². The SMILES string of the molecule is CC[C@H]1NC(=O)N(c2cccc(N)c2)C1=O. The molecule has 0 aliphatic carbocycles. The van der Waals surface area contributed by atoms with Gasteiger partial charge in [-0.3, -0.25) is 4.79 Å². The number of carbonyl (C=O) groups is 2. The fraction of sp³-hybridized carbons (Fsp3) is 0.273. The lowest BCUT2D eigenvalue weighted by Gasteiger charge is -2.12. The molecular formula is C11H13N3O2. The number of nitrogens with one attached hydrogen (secondary N) is 1. The molecule has 0 unspecified atom stereocenters. The molecule has 3 amide bonds. The zero-order chi connectivity index (χ0) is 11.7. The summed E-state index contributed by atoms with van der Waals surface area (Å²) in [4.78, 5) is 24.6. The lowest BCUT2D eigenvalue weighted by Crippen LogP contribution is -2.31. The van der Waals surface area contributed by atoms with Crippen LogP contribution in [0.2, 0.25) is 0 Å². The Balaban J connectivity index is 2.34. The summed E-state index contributed by atoms with van der Waals surface area (Å²) in [5.41, 5.74) is 6.65. The number of benzene rings is 1. The van der Waals surface area contributed by atoms with Crippen molar-refractivity contribution in [1.82, 2.24) is 5.32 Å². The second kappa shape index (κ2) is 3.84. The predicted molar refractivity (Wildman–Crippen MR) is 61.0 cm³/mol. The van der Waals surface area contributed by atoms with Gasteiger partial charge in [-0.15, -0.1) is 0 Å². The van der Waals surface area contributed by atoms with E-state index in [0.717, 1.165) is 4.90 Å². The van der Waals surface area contributed by atoms with E-state index in [0.29, 0.717) is 17.8 Å². The van der Waals surface area contributed by atoms with Gasteiger partial charge in [0.05, 0.1) is 5.69 Å². The van der Waals surface area contributed by atoms with E-state index in [9.17, 15) is 9.59 Å². The summed E-state index contributed by atoms with van der Waals surface area (Å²) in [7, 11) is 0. The maximum Gasteiger partial charge on any atom is 0.329 e. The Morgan fingerprint density at radius 1 is 1.44 bits per heavy atom. The van der Waals surface area contributed by atoms with Crippen molar-refractivity contribution in [2.24, 2.45) is 0 Å². The van der Waals surface area contributed by atoms with Crippen molar-refractivity contribution < 1.29 is 9.59 Å². The molecule has 1 fully saturated rings. The molecule has 2 rings (SSSR count). The molecule has 1 aromatic carbocycles. The number of rotatable bonds is 2. The smallest absolute Gasteiger partial charge is 0.329 e. The number of carbonyl (C=O) groups excluding carboxylic acids is 2. The van der Waals surface area contributed by atoms with Crippen molar-refractivity contribution in [3.8, 4) is 0 Å². The van der Waals surface area contributed by atoms with E-state index in [4.69, 9.17) is 5.73 Å². The van der Waals surface area contributed by atoms with Crippen LogP contribution in [0, 0.1) is 0 Å². The average molecular weight is 219 g/mol. The van der Waals surface area contributed by atoms with E-state index in [1.165, 1.54) is 0 Å². The first-order valence-electron chi connectivity index (χ1n) is 5.13. The standard InChI is InChI=1S/C11H13N3O2/c1-2-9-10(15)14(11(16)13-9)8-5-3-4-7(12)6-8/h3-6,9H,2,12H2,1H3,(H,13,16)/t9-/m1/s1. The molecule has 0 bridgehead atoms. The van der Waals surface area contributed by atoms with E-state index in [1.807, 2.05) is 6.92 Å². The molecule has 0 spiro atoms. The molecule has 84 valence electrons. The minimum atomic E-state index is -0.422. The number of anilines is 2. The Bertz CT molecular complexity index is 445. The Morgan fingerprint density at radius 2 is 2.19 bits per heavy atom. The Labute approximate surface area is 93.2 Å². The largest absolute Gasteiger partial charge is 0.399 e. The van der Waals surface area contributed by atoms with E-state index < -0.39 is 6.04 Å². The topological polar surface area (TPSA) is 75.4 Å². The predicted octanol–water partition coefficient (Wildman–Crippen LogP) is 1.10. The van der Waals surface area contributed by atoms with E-state index in [2.05, 4.69) is 5.32 Å². The van der Waals surface area contributed by atoms with Crippen LogP contribution in [0.5, 0.6) is 0 Å². The highest BCUT2D eigenvalue weighted by atomic mass is 16.2. The molecule has 3 N–H and O–H groups in total. The first-order chi connectivity index (χ1) is 7.63. The summed E-state index contributed by atoms with van der Waals surface area (Å²) in [5, 5.41) is 2.62. The number of urea groups is 1. The highest BCUT2D eigenvalue weighted by Gasteiger charge is 2.37. The molecule has 1 aliphatic rings. The monoisotopic (exact) mass is 219 g/mol. The number of hydrogen-bond donors (Lipinski definition) is 2. The maximum absolute atomic E-state index is 11.9. The molecule has 5 nitrogen and oxygen atoms in total. The number of imide groups is 1. The van der Waals surface area contributed by atoms with Gasteiger partial charge in [0, 0.05) is 5.69 Å². The van der Waals surface area contributed by atoms with Crippen LogP contribution < -0.4 is 16.0 Å². The fourth-order valence-corrected chi connectivity index (χ4v) is 1.72. The van der Waals surface area contributed by atoms with Gasteiger partial charge in [-0.25, -0.2) is 9.69 Å². The second-order valence-electron chi connectivity index (χ2n) is 3.68. The van der Waals surface area contributed by atoms with Crippen LogP contribution >= 0.6 is 0 Å². The van der Waals surface area contributed by atoms with Gasteiger partial charge in [0.2, 0.25) is 0 Å². The number of hydrogen-bond acceptors (Lipinski definition) is 3. The summed E-state index contributed by atoms with van der Waals surface area (Å²) >= 11 is 0. The van der Waals surface area contributed by atoms with Gasteiger partial charge in [-0.05, 0) is 24.6 Å². The average Bonchev–Trinajstić information content (AvgIpc) is 2.53. The van der Waals surface area contributed by atoms with Gasteiger partial charge in [-0.2, -0.15) is 0 Å². The molecular weight excluding hydrogens is 206 g/mol. The molecule has 1 aliphatic heterocycles. The van der Waals surface area contributed by atoms with Gasteiger partial charge in [0.25, 0.3) is 5.91 Å². The van der Waals surface area contributed by atoms with E-state index >= 15 is 0 Å². The number of nitrogens with two attached hydrogens (primary N) is 1. The van der Waals surface area contributed by atoms with Crippen molar-refractivity contribution in [3.05, 3.63) is 24.3 Å². The summed E-state index contributed by atoms with van der Waals surface area (Å²) < 4.78 is 0. The van der Waals surface area contributed by atoms with Gasteiger partial charge < -0.3 is 11.1 Å². The molecule has 16 heavy (non-hydrogen) atoms. The third kappa shape index (κ3) is 1.60. The molecule has 0 aromatic heterocycles. The maximum atomic E-state index is 11.9. The Morgan fingerprint density at radius 3 is 2.75 bits per heavy atom. The zero-order valence-electron chi connectivity index (χ0n) is 8.93. The third-order valence-electron chi connectivity index (χ3n) is 2.56. The molecule has 0 saturated carbocycles. The van der Waals surface area contributed by atoms with Crippen molar-refractivity contribution in [1.29, 1.82) is 0 Å². The van der Waals surface area contributed by atoms with Crippen LogP contribution in [0.25, 0.3) is 0 Å². The quantitative estimate of drug-likeness (QED) is 0.577. The van der Waals surface area contributed by atoms with Crippen molar-refractivity contribution >= 4 is 23.3 Å². The highest BCUT2D eigenvalue weighted by molar-refractivity contribution is 6.21. The Kier molecular flexibility index (Phi) is 2.52. The van der Waals surface area contributed by atoms with Crippen molar-refractivity contribution in [3.63, 3.8) is 0 Å². The second-order valence-corrected chi connectivity index (χ2v) is 3.68. The van der Waals surface area contributed by atoms with Crippen molar-refractivity contribution in [2.45, 2.75) is 19.4 Å². The first kappa shape index (κ1) is 10.5. The molecule has 1 heterocycles. The van der Waals surface area contributed by atoms with E-state index in [-0.39, 0.29) is 11.9 Å². The van der Waals surface area contributed by atoms with Crippen LogP contribution in [0.3, 0.4) is 0 Å². The molecule has 0 radical (unpaired) electrons. The first-order valence-corrected chi connectivity index (χ1v) is 5.13. The van der Waals surface area contributed by atoms with Gasteiger partial charge in [0.1, 0.15) is 6.04 Å². The minimum Gasteiger partial charge on any atom is -0.399 e. The number of nitrogen functional groups attached to an aromatic ring is 1. The van der Waals surface area contributed by atoms with Gasteiger partial charge in [0.15, 0.2) is 0 Å². The summed E-state index contributed by atoms with van der Waals surface area (Å²) in [5.74, 6) is -0.224. The van der Waals surface area contributed by atoms with Crippen LogP contribution in [0.15, 0.2) is 24.3 Å². The molecule has 1 saturated heterocycles. The van der Waals surface area contributed by atoms with Gasteiger partial charge in [-0.1, -0.05) is 13.0 Å². The molecule has 1 aromatic rings. The Hall–Kier alpha value is -2.04. The van der Waals surface area contributed by atoms with Crippen molar-refractivity contribution in [2.75, 3.05) is 10.6 Å². The normalized spacial score (nSPS) is 20.1. The fourth-order valence-electron chi connectivity index (χ4n) is 1.72. The number of nitrogens with zero attached hydrogens (tertiary/aromatic N) is 1. The minimum absolute atomic E-state index is 0.224. The van der Waals surface area contributed by atoms with E-state index in [1.54, 1.807) is 24.3 Å². The summed E-state index contributed by atoms with van der Waals surface area (Å²) in [6.45, 7) is 1.85. The number of amides is 3. The summed E-state index contributed by atoms with van der Waals surface area (Å²) in [6.07, 6.45) is 0.587. The zero-order valence-corrected chi connectivity index (χ0v) is 8.93.